The van der Waals surface area contributed by atoms with Crippen molar-refractivity contribution in [1.29, 1.82) is 0 Å². The normalized spacial score (nSPS) is 10.2. The first-order valence-electron chi connectivity index (χ1n) is 7.06. The molecule has 0 aliphatic carbocycles. The number of nitro benzene ring substituents is 1. The van der Waals surface area contributed by atoms with Gasteiger partial charge in [-0.15, -0.1) is 0 Å². The minimum atomic E-state index is -0.457. The van der Waals surface area contributed by atoms with E-state index in [4.69, 9.17) is 5.73 Å². The Labute approximate surface area is 124 Å². The lowest BCUT2D eigenvalue weighted by atomic mass is 10.2. The van der Waals surface area contributed by atoms with E-state index < -0.39 is 4.92 Å². The number of carbonyl (C=O) groups is 1. The Hall–Kier alpha value is -2.15. The molecular formula is C14H22N4O3. The van der Waals surface area contributed by atoms with E-state index in [0.717, 1.165) is 6.42 Å². The Bertz CT molecular complexity index is 476. The third kappa shape index (κ3) is 4.42. The summed E-state index contributed by atoms with van der Waals surface area (Å²) in [5.41, 5.74) is 6.14. The van der Waals surface area contributed by atoms with Crippen LogP contribution in [0.15, 0.2) is 24.3 Å². The van der Waals surface area contributed by atoms with Crippen LogP contribution >= 0.6 is 0 Å². The van der Waals surface area contributed by atoms with E-state index in [-0.39, 0.29) is 11.7 Å². The zero-order valence-corrected chi connectivity index (χ0v) is 12.5. The number of carbonyl (C=O) groups excluding carboxylic acids is 1. The highest BCUT2D eigenvalue weighted by Gasteiger charge is 2.20. The Balaban J connectivity index is 2.89. The zero-order valence-electron chi connectivity index (χ0n) is 12.5. The second kappa shape index (κ2) is 8.21. The van der Waals surface area contributed by atoms with Crippen molar-refractivity contribution < 1.29 is 9.72 Å². The number of benzene rings is 1. The number of urea groups is 1. The van der Waals surface area contributed by atoms with E-state index in [0.29, 0.717) is 31.9 Å². The molecule has 0 aliphatic heterocycles. The summed E-state index contributed by atoms with van der Waals surface area (Å²) in [6.07, 6.45) is 0.747. The molecule has 7 nitrogen and oxygen atoms in total. The molecular weight excluding hydrogens is 272 g/mol. The number of nitrogens with two attached hydrogens (primary N) is 1. The molecule has 2 amide bonds. The van der Waals surface area contributed by atoms with Gasteiger partial charge in [-0.2, -0.15) is 0 Å². The standard InChI is InChI=1S/C14H22N4O3/c1-3-16(11-5-10-15)14(19)17(4-2)12-6-8-13(9-7-12)18(20)21/h6-9H,3-5,10-11,15H2,1-2H3. The van der Waals surface area contributed by atoms with Crippen molar-refractivity contribution in [3.63, 3.8) is 0 Å². The highest BCUT2D eigenvalue weighted by atomic mass is 16.6. The fourth-order valence-corrected chi connectivity index (χ4v) is 2.02. The van der Waals surface area contributed by atoms with E-state index in [9.17, 15) is 14.9 Å². The van der Waals surface area contributed by atoms with Gasteiger partial charge >= 0.3 is 6.03 Å². The topological polar surface area (TPSA) is 92.7 Å². The second-order valence-electron chi connectivity index (χ2n) is 4.52. The van der Waals surface area contributed by atoms with Crippen LogP contribution in [0.5, 0.6) is 0 Å². The summed E-state index contributed by atoms with van der Waals surface area (Å²) < 4.78 is 0. The maximum Gasteiger partial charge on any atom is 0.324 e. The molecule has 21 heavy (non-hydrogen) atoms. The van der Waals surface area contributed by atoms with Gasteiger partial charge in [0.05, 0.1) is 4.92 Å². The number of rotatable bonds is 7. The van der Waals surface area contributed by atoms with Gasteiger partial charge in [-0.05, 0) is 38.9 Å². The third-order valence-electron chi connectivity index (χ3n) is 3.20. The van der Waals surface area contributed by atoms with Crippen LogP contribution in [0.25, 0.3) is 0 Å². The smallest absolute Gasteiger partial charge is 0.324 e. The Morgan fingerprint density at radius 1 is 1.24 bits per heavy atom. The van der Waals surface area contributed by atoms with Crippen LogP contribution in [-0.4, -0.2) is 42.0 Å². The lowest BCUT2D eigenvalue weighted by molar-refractivity contribution is -0.384. The van der Waals surface area contributed by atoms with Crippen LogP contribution in [0.4, 0.5) is 16.2 Å². The number of hydrogen-bond acceptors (Lipinski definition) is 4. The van der Waals surface area contributed by atoms with Crippen molar-refractivity contribution in [2.75, 3.05) is 31.1 Å². The average molecular weight is 294 g/mol. The molecule has 2 N–H and O–H groups in total. The second-order valence-corrected chi connectivity index (χ2v) is 4.52. The number of non-ortho nitro benzene ring substituents is 1. The van der Waals surface area contributed by atoms with E-state index in [2.05, 4.69) is 0 Å². The van der Waals surface area contributed by atoms with Crippen molar-refractivity contribution in [3.05, 3.63) is 34.4 Å². The van der Waals surface area contributed by atoms with Crippen LogP contribution in [0.2, 0.25) is 0 Å². The van der Waals surface area contributed by atoms with E-state index >= 15 is 0 Å². The van der Waals surface area contributed by atoms with E-state index in [1.807, 2.05) is 13.8 Å². The molecule has 0 aliphatic rings. The van der Waals surface area contributed by atoms with Crippen LogP contribution < -0.4 is 10.6 Å². The van der Waals surface area contributed by atoms with Crippen molar-refractivity contribution >= 4 is 17.4 Å². The maximum absolute atomic E-state index is 12.5. The third-order valence-corrected chi connectivity index (χ3v) is 3.20. The molecule has 1 rings (SSSR count). The zero-order chi connectivity index (χ0) is 15.8. The molecule has 0 bridgehead atoms. The summed E-state index contributed by atoms with van der Waals surface area (Å²) in [6, 6.07) is 5.89. The molecule has 116 valence electrons. The number of amides is 2. The number of nitro groups is 1. The quantitative estimate of drug-likeness (QED) is 0.616. The first-order chi connectivity index (χ1) is 10.0. The van der Waals surface area contributed by atoms with Gasteiger partial charge in [0.1, 0.15) is 0 Å². The molecule has 0 heterocycles. The van der Waals surface area contributed by atoms with Gasteiger partial charge in [0, 0.05) is 37.5 Å². The van der Waals surface area contributed by atoms with Crippen molar-refractivity contribution in [1.82, 2.24) is 4.90 Å². The molecule has 1 aromatic rings. The number of anilines is 1. The van der Waals surface area contributed by atoms with Crippen LogP contribution in [0.1, 0.15) is 20.3 Å². The van der Waals surface area contributed by atoms with Gasteiger partial charge in [-0.1, -0.05) is 0 Å². The fourth-order valence-electron chi connectivity index (χ4n) is 2.02. The average Bonchev–Trinajstić information content (AvgIpc) is 2.49. The first kappa shape index (κ1) is 16.9. The Kier molecular flexibility index (Phi) is 6.61. The molecule has 0 fully saturated rings. The van der Waals surface area contributed by atoms with Crippen molar-refractivity contribution in [2.45, 2.75) is 20.3 Å². The molecule has 0 atom stereocenters. The van der Waals surface area contributed by atoms with Crippen molar-refractivity contribution in [3.8, 4) is 0 Å². The summed E-state index contributed by atoms with van der Waals surface area (Å²) in [4.78, 5) is 26.0. The first-order valence-corrected chi connectivity index (χ1v) is 7.06. The molecule has 0 saturated carbocycles. The van der Waals surface area contributed by atoms with Gasteiger partial charge < -0.3 is 10.6 Å². The molecule has 0 spiro atoms. The monoisotopic (exact) mass is 294 g/mol. The number of hydrogen-bond donors (Lipinski definition) is 1. The lowest BCUT2D eigenvalue weighted by Gasteiger charge is -2.29. The van der Waals surface area contributed by atoms with Gasteiger partial charge in [-0.3, -0.25) is 15.0 Å². The molecule has 0 radical (unpaired) electrons. The Morgan fingerprint density at radius 3 is 2.29 bits per heavy atom. The predicted octanol–water partition coefficient (Wildman–Crippen LogP) is 2.21. The highest BCUT2D eigenvalue weighted by Crippen LogP contribution is 2.20. The Morgan fingerprint density at radius 2 is 1.86 bits per heavy atom. The minimum absolute atomic E-state index is 0.0118. The molecule has 0 unspecified atom stereocenters. The van der Waals surface area contributed by atoms with Gasteiger partial charge in [0.25, 0.3) is 5.69 Å². The molecule has 0 aromatic heterocycles. The van der Waals surface area contributed by atoms with Crippen molar-refractivity contribution in [2.24, 2.45) is 5.73 Å². The summed E-state index contributed by atoms with van der Waals surface area (Å²) in [7, 11) is 0. The SMILES string of the molecule is CCN(CCCN)C(=O)N(CC)c1ccc([N+](=O)[O-])cc1. The van der Waals surface area contributed by atoms with Crippen LogP contribution in [-0.2, 0) is 0 Å². The molecule has 1 aromatic carbocycles. The van der Waals surface area contributed by atoms with E-state index in [1.54, 1.807) is 21.9 Å². The summed E-state index contributed by atoms with van der Waals surface area (Å²) in [5, 5.41) is 10.7. The highest BCUT2D eigenvalue weighted by molar-refractivity contribution is 5.92. The molecule has 0 saturated heterocycles. The number of nitrogens with zero attached hydrogens (tertiary/aromatic N) is 3. The summed E-state index contributed by atoms with van der Waals surface area (Å²) in [5.74, 6) is 0. The minimum Gasteiger partial charge on any atom is -0.330 e. The maximum atomic E-state index is 12.5. The summed E-state index contributed by atoms with van der Waals surface area (Å²) in [6.45, 7) is 6.02. The van der Waals surface area contributed by atoms with Crippen LogP contribution in [0.3, 0.4) is 0 Å². The van der Waals surface area contributed by atoms with E-state index in [1.165, 1.54) is 12.1 Å². The van der Waals surface area contributed by atoms with Gasteiger partial charge in [0.2, 0.25) is 0 Å². The predicted molar refractivity (Wildman–Crippen MR) is 82.4 cm³/mol. The fraction of sp³-hybridized carbons (Fsp3) is 0.500. The lowest BCUT2D eigenvalue weighted by Crippen LogP contribution is -2.44. The molecule has 7 heteroatoms. The van der Waals surface area contributed by atoms with Gasteiger partial charge in [0.15, 0.2) is 0 Å². The summed E-state index contributed by atoms with van der Waals surface area (Å²) >= 11 is 0. The largest absolute Gasteiger partial charge is 0.330 e. The van der Waals surface area contributed by atoms with Crippen LogP contribution in [0, 0.1) is 10.1 Å². The van der Waals surface area contributed by atoms with Gasteiger partial charge in [-0.25, -0.2) is 4.79 Å².